The van der Waals surface area contributed by atoms with Gasteiger partial charge in [0.2, 0.25) is 0 Å². The minimum atomic E-state index is -3.83. The molecule has 0 aliphatic carbocycles. The molecule has 1 aliphatic heterocycles. The maximum absolute atomic E-state index is 13.7. The largest absolute Gasteiger partial charge is 0.497 e. The van der Waals surface area contributed by atoms with Gasteiger partial charge in [0.15, 0.2) is 0 Å². The summed E-state index contributed by atoms with van der Waals surface area (Å²) in [7, 11) is -0.689. The number of morpholine rings is 1. The number of aromatic amines is 1. The van der Waals surface area contributed by atoms with Gasteiger partial charge in [0, 0.05) is 49.7 Å². The van der Waals surface area contributed by atoms with Gasteiger partial charge in [0.1, 0.15) is 11.4 Å². The van der Waals surface area contributed by atoms with Gasteiger partial charge in [-0.25, -0.2) is 8.42 Å². The van der Waals surface area contributed by atoms with Crippen LogP contribution in [0.4, 0.5) is 5.69 Å². The molecule has 0 saturated carbocycles. The van der Waals surface area contributed by atoms with Crippen LogP contribution in [0, 0.1) is 0 Å². The van der Waals surface area contributed by atoms with Crippen molar-refractivity contribution < 1.29 is 22.7 Å². The van der Waals surface area contributed by atoms with Crippen LogP contribution in [0.3, 0.4) is 0 Å². The van der Waals surface area contributed by atoms with E-state index in [0.717, 1.165) is 41.7 Å². The fraction of sp³-hybridized carbons (Fsp3) is 0.364. The van der Waals surface area contributed by atoms with E-state index in [2.05, 4.69) is 36.0 Å². The molecule has 1 aliphatic rings. The van der Waals surface area contributed by atoms with Gasteiger partial charge in [-0.1, -0.05) is 45.0 Å². The zero-order chi connectivity index (χ0) is 30.8. The molecule has 0 radical (unpaired) electrons. The second-order valence-electron chi connectivity index (χ2n) is 11.8. The lowest BCUT2D eigenvalue weighted by molar-refractivity contribution is 0.0383. The standard InChI is InChI=1S/C33H40N4O5S/c1-33(2,3)24-9-12-27(13-10-24)43(39,40)36(4)25-11-14-29-28(22-25)30(23-7-6-8-26(21-23)41-5)31(35-29)32(38)34-15-16-37-17-19-42-20-18-37/h6-14,21-22,35H,15-20H2,1-5H3,(H,34,38). The van der Waals surface area contributed by atoms with Gasteiger partial charge in [-0.05, 0) is 59.0 Å². The number of nitrogens with one attached hydrogen (secondary N) is 2. The van der Waals surface area contributed by atoms with Gasteiger partial charge in [-0.15, -0.1) is 0 Å². The molecule has 2 N–H and O–H groups in total. The number of amides is 1. The first-order chi connectivity index (χ1) is 20.5. The lowest BCUT2D eigenvalue weighted by Crippen LogP contribution is -2.41. The van der Waals surface area contributed by atoms with E-state index in [9.17, 15) is 13.2 Å². The SMILES string of the molecule is COc1cccc(-c2c(C(=O)NCCN3CCOCC3)[nH]c3ccc(N(C)S(=O)(=O)c4ccc(C(C)(C)C)cc4)cc23)c1. The first-order valence-corrected chi connectivity index (χ1v) is 15.9. The average molecular weight is 605 g/mol. The van der Waals surface area contributed by atoms with E-state index in [0.29, 0.717) is 42.5 Å². The monoisotopic (exact) mass is 604 g/mol. The number of hydrogen-bond acceptors (Lipinski definition) is 6. The van der Waals surface area contributed by atoms with Gasteiger partial charge >= 0.3 is 0 Å². The molecule has 228 valence electrons. The zero-order valence-corrected chi connectivity index (χ0v) is 26.3. The smallest absolute Gasteiger partial charge is 0.268 e. The molecule has 1 fully saturated rings. The molecule has 3 aromatic carbocycles. The fourth-order valence-corrected chi connectivity index (χ4v) is 6.48. The Labute approximate surface area is 253 Å². The normalized spacial score (nSPS) is 14.5. The van der Waals surface area contributed by atoms with Crippen molar-refractivity contribution in [1.29, 1.82) is 0 Å². The molecule has 4 aromatic rings. The summed E-state index contributed by atoms with van der Waals surface area (Å²) >= 11 is 0. The number of benzene rings is 3. The second kappa shape index (κ2) is 12.4. The lowest BCUT2D eigenvalue weighted by atomic mass is 9.87. The topological polar surface area (TPSA) is 104 Å². The van der Waals surface area contributed by atoms with Gasteiger partial charge in [0.25, 0.3) is 15.9 Å². The number of carbonyl (C=O) groups excluding carboxylic acids is 1. The number of carbonyl (C=O) groups is 1. The highest BCUT2D eigenvalue weighted by molar-refractivity contribution is 7.92. The third kappa shape index (κ3) is 6.56. The van der Waals surface area contributed by atoms with E-state index < -0.39 is 10.0 Å². The van der Waals surface area contributed by atoms with Gasteiger partial charge < -0.3 is 19.8 Å². The molecule has 5 rings (SSSR count). The molecule has 9 nitrogen and oxygen atoms in total. The molecule has 1 aromatic heterocycles. The number of ether oxygens (including phenoxy) is 2. The van der Waals surface area contributed by atoms with Gasteiger partial charge in [-0.2, -0.15) is 0 Å². The van der Waals surface area contributed by atoms with E-state index in [1.54, 1.807) is 32.4 Å². The number of nitrogens with zero attached hydrogens (tertiary/aromatic N) is 2. The van der Waals surface area contributed by atoms with Crippen LogP contribution in [-0.4, -0.2) is 77.8 Å². The molecule has 43 heavy (non-hydrogen) atoms. The van der Waals surface area contributed by atoms with Crippen LogP contribution in [0.15, 0.2) is 71.6 Å². The third-order valence-electron chi connectivity index (χ3n) is 7.93. The first kappa shape index (κ1) is 30.6. The van der Waals surface area contributed by atoms with E-state index in [1.807, 2.05) is 48.5 Å². The number of anilines is 1. The molecule has 0 spiro atoms. The molecule has 2 heterocycles. The molecule has 1 amide bonds. The van der Waals surface area contributed by atoms with Crippen LogP contribution in [0.25, 0.3) is 22.0 Å². The van der Waals surface area contributed by atoms with Crippen molar-refractivity contribution >= 4 is 32.5 Å². The zero-order valence-electron chi connectivity index (χ0n) is 25.4. The van der Waals surface area contributed by atoms with Crippen molar-refractivity contribution in [3.63, 3.8) is 0 Å². The predicted molar refractivity (Wildman–Crippen MR) is 171 cm³/mol. The summed E-state index contributed by atoms with van der Waals surface area (Å²) in [5.74, 6) is 0.420. The highest BCUT2D eigenvalue weighted by Gasteiger charge is 2.25. The number of rotatable bonds is 9. The minimum absolute atomic E-state index is 0.0868. The summed E-state index contributed by atoms with van der Waals surface area (Å²) < 4.78 is 39.5. The summed E-state index contributed by atoms with van der Waals surface area (Å²) in [6.07, 6.45) is 0. The van der Waals surface area contributed by atoms with Crippen molar-refractivity contribution in [3.8, 4) is 16.9 Å². The number of H-pyrrole nitrogens is 1. The first-order valence-electron chi connectivity index (χ1n) is 14.5. The van der Waals surface area contributed by atoms with Crippen LogP contribution < -0.4 is 14.4 Å². The van der Waals surface area contributed by atoms with Crippen LogP contribution >= 0.6 is 0 Å². The van der Waals surface area contributed by atoms with Crippen LogP contribution in [0.1, 0.15) is 36.8 Å². The van der Waals surface area contributed by atoms with E-state index in [-0.39, 0.29) is 16.2 Å². The van der Waals surface area contributed by atoms with E-state index in [4.69, 9.17) is 9.47 Å². The quantitative estimate of drug-likeness (QED) is 0.278. The highest BCUT2D eigenvalue weighted by atomic mass is 32.2. The van der Waals surface area contributed by atoms with Gasteiger partial charge in [-0.3, -0.25) is 14.0 Å². The minimum Gasteiger partial charge on any atom is -0.497 e. The predicted octanol–water partition coefficient (Wildman–Crippen LogP) is 5.03. The van der Waals surface area contributed by atoms with Crippen molar-refractivity contribution in [2.45, 2.75) is 31.1 Å². The van der Waals surface area contributed by atoms with Crippen molar-refractivity contribution in [1.82, 2.24) is 15.2 Å². The fourth-order valence-electron chi connectivity index (χ4n) is 5.29. The molecule has 0 atom stereocenters. The Morgan fingerprint density at radius 3 is 2.44 bits per heavy atom. The van der Waals surface area contributed by atoms with E-state index >= 15 is 0 Å². The number of aromatic nitrogens is 1. The second-order valence-corrected chi connectivity index (χ2v) is 13.8. The molecule has 0 unspecified atom stereocenters. The third-order valence-corrected chi connectivity index (χ3v) is 9.73. The number of sulfonamides is 1. The Hall–Kier alpha value is -3.86. The Bertz CT molecular complexity index is 1700. The maximum atomic E-state index is 13.7. The van der Waals surface area contributed by atoms with Gasteiger partial charge in [0.05, 0.1) is 30.9 Å². The summed E-state index contributed by atoms with van der Waals surface area (Å²) in [5, 5.41) is 3.78. The molecule has 0 bridgehead atoms. The number of fused-ring (bicyclic) bond motifs is 1. The lowest BCUT2D eigenvalue weighted by Gasteiger charge is -2.26. The van der Waals surface area contributed by atoms with Crippen molar-refractivity contribution in [2.75, 3.05) is 57.9 Å². The van der Waals surface area contributed by atoms with Crippen LogP contribution in [-0.2, 0) is 20.2 Å². The van der Waals surface area contributed by atoms with Crippen molar-refractivity contribution in [3.05, 3.63) is 78.0 Å². The molecular weight excluding hydrogens is 564 g/mol. The highest BCUT2D eigenvalue weighted by Crippen LogP contribution is 2.37. The number of hydrogen-bond donors (Lipinski definition) is 2. The van der Waals surface area contributed by atoms with E-state index in [1.165, 1.54) is 4.31 Å². The molecule has 1 saturated heterocycles. The average Bonchev–Trinajstić information content (AvgIpc) is 3.40. The summed E-state index contributed by atoms with van der Waals surface area (Å²) in [4.78, 5) is 19.3. The number of methoxy groups -OCH3 is 1. The molecule has 10 heteroatoms. The summed E-state index contributed by atoms with van der Waals surface area (Å²) in [5.41, 5.74) is 4.04. The summed E-state index contributed by atoms with van der Waals surface area (Å²) in [6, 6.07) is 19.9. The maximum Gasteiger partial charge on any atom is 0.268 e. The Kier molecular flexibility index (Phi) is 8.82. The van der Waals surface area contributed by atoms with Crippen molar-refractivity contribution in [2.24, 2.45) is 0 Å². The molecular formula is C33H40N4O5S. The van der Waals surface area contributed by atoms with Crippen LogP contribution in [0.2, 0.25) is 0 Å². The Morgan fingerprint density at radius 1 is 1.05 bits per heavy atom. The van der Waals surface area contributed by atoms with Crippen LogP contribution in [0.5, 0.6) is 5.75 Å². The Balaban J connectivity index is 1.50. The Morgan fingerprint density at radius 2 is 1.77 bits per heavy atom. The summed E-state index contributed by atoms with van der Waals surface area (Å²) in [6.45, 7) is 10.6.